The zero-order chi connectivity index (χ0) is 14.1. The van der Waals surface area contributed by atoms with Crippen LogP contribution >= 0.6 is 11.6 Å². The number of ether oxygens (including phenoxy) is 1. The molecule has 1 saturated heterocycles. The van der Waals surface area contributed by atoms with E-state index in [1.165, 1.54) is 0 Å². The molecule has 1 heterocycles. The smallest absolute Gasteiger partial charge is 0.261 e. The molecule has 1 fully saturated rings. The Hall–Kier alpha value is -0.460. The van der Waals surface area contributed by atoms with E-state index in [1.54, 1.807) is 4.90 Å². The predicted octanol–water partition coefficient (Wildman–Crippen LogP) is 1.43. The van der Waals surface area contributed by atoms with E-state index < -0.39 is 13.0 Å². The largest absolute Gasteiger partial charge is 0.375 e. The highest BCUT2D eigenvalue weighted by atomic mass is 35.5. The van der Waals surface area contributed by atoms with Gasteiger partial charge in [0.25, 0.3) is 6.43 Å². The number of carbonyl (C=O) groups excluding carboxylic acids is 1. The average molecular weight is 299 g/mol. The Kier molecular flexibility index (Phi) is 8.25. The first kappa shape index (κ1) is 16.6. The highest BCUT2D eigenvalue weighted by molar-refractivity contribution is 6.18. The van der Waals surface area contributed by atoms with E-state index in [1.807, 2.05) is 0 Å². The van der Waals surface area contributed by atoms with Crippen LogP contribution in [-0.2, 0) is 9.53 Å². The van der Waals surface area contributed by atoms with Crippen LogP contribution in [0.3, 0.4) is 0 Å². The molecule has 0 bridgehead atoms. The van der Waals surface area contributed by atoms with Crippen LogP contribution in [0.4, 0.5) is 8.78 Å². The van der Waals surface area contributed by atoms with Gasteiger partial charge in [-0.2, -0.15) is 0 Å². The molecule has 19 heavy (non-hydrogen) atoms. The topological polar surface area (TPSA) is 32.8 Å². The standard InChI is InChI=1S/C12H21ClF2N2O2/c13-3-6-16-4-1-5-17(8-7-16)12(18)2-9-19-10-11(14)15/h11H,1-10H2. The summed E-state index contributed by atoms with van der Waals surface area (Å²) in [5, 5.41) is 0. The van der Waals surface area contributed by atoms with Gasteiger partial charge in [0.1, 0.15) is 6.61 Å². The number of hydrogen-bond donors (Lipinski definition) is 0. The van der Waals surface area contributed by atoms with E-state index in [-0.39, 0.29) is 18.9 Å². The summed E-state index contributed by atoms with van der Waals surface area (Å²) < 4.78 is 28.4. The van der Waals surface area contributed by atoms with Gasteiger partial charge < -0.3 is 14.5 Å². The van der Waals surface area contributed by atoms with Crippen molar-refractivity contribution in [2.45, 2.75) is 19.3 Å². The molecule has 1 aliphatic heterocycles. The number of amides is 1. The van der Waals surface area contributed by atoms with Gasteiger partial charge in [0.05, 0.1) is 13.0 Å². The minimum Gasteiger partial charge on any atom is -0.375 e. The molecular formula is C12H21ClF2N2O2. The molecule has 0 unspecified atom stereocenters. The van der Waals surface area contributed by atoms with Crippen molar-refractivity contribution in [1.29, 1.82) is 0 Å². The Bertz CT molecular complexity index is 270. The maximum atomic E-state index is 11.9. The van der Waals surface area contributed by atoms with Gasteiger partial charge in [-0.15, -0.1) is 11.6 Å². The lowest BCUT2D eigenvalue weighted by Gasteiger charge is -2.21. The third-order valence-electron chi connectivity index (χ3n) is 3.05. The number of hydrogen-bond acceptors (Lipinski definition) is 3. The Morgan fingerprint density at radius 1 is 1.26 bits per heavy atom. The summed E-state index contributed by atoms with van der Waals surface area (Å²) in [7, 11) is 0. The molecule has 0 N–H and O–H groups in total. The second-order valence-electron chi connectivity index (χ2n) is 4.48. The fraction of sp³-hybridized carbons (Fsp3) is 0.917. The molecule has 1 rings (SSSR count). The van der Waals surface area contributed by atoms with Crippen molar-refractivity contribution in [1.82, 2.24) is 9.80 Å². The van der Waals surface area contributed by atoms with E-state index in [2.05, 4.69) is 4.90 Å². The summed E-state index contributed by atoms with van der Waals surface area (Å²) >= 11 is 5.70. The lowest BCUT2D eigenvalue weighted by Crippen LogP contribution is -2.36. The van der Waals surface area contributed by atoms with Crippen LogP contribution in [0.1, 0.15) is 12.8 Å². The Balaban J connectivity index is 2.21. The Morgan fingerprint density at radius 3 is 2.74 bits per heavy atom. The van der Waals surface area contributed by atoms with Gasteiger partial charge in [-0.05, 0) is 13.0 Å². The summed E-state index contributed by atoms with van der Waals surface area (Å²) in [6.07, 6.45) is -1.39. The van der Waals surface area contributed by atoms with E-state index in [4.69, 9.17) is 16.3 Å². The molecular weight excluding hydrogens is 278 g/mol. The summed E-state index contributed by atoms with van der Waals surface area (Å²) in [5.41, 5.74) is 0. The maximum Gasteiger partial charge on any atom is 0.261 e. The molecule has 0 saturated carbocycles. The van der Waals surface area contributed by atoms with Crippen LogP contribution < -0.4 is 0 Å². The first-order chi connectivity index (χ1) is 9.13. The second-order valence-corrected chi connectivity index (χ2v) is 4.86. The molecule has 0 aromatic heterocycles. The molecule has 1 aliphatic rings. The van der Waals surface area contributed by atoms with Gasteiger partial charge in [0, 0.05) is 32.1 Å². The second kappa shape index (κ2) is 9.44. The van der Waals surface area contributed by atoms with Crippen molar-refractivity contribution < 1.29 is 18.3 Å². The number of halogens is 3. The third kappa shape index (κ3) is 7.03. The summed E-state index contributed by atoms with van der Waals surface area (Å²) in [4.78, 5) is 15.9. The molecule has 0 atom stereocenters. The quantitative estimate of drug-likeness (QED) is 0.526. The maximum absolute atomic E-state index is 11.9. The summed E-state index contributed by atoms with van der Waals surface area (Å²) in [5.74, 6) is 0.567. The van der Waals surface area contributed by atoms with Crippen LogP contribution in [0.2, 0.25) is 0 Å². The molecule has 0 aliphatic carbocycles. The molecule has 7 heteroatoms. The van der Waals surface area contributed by atoms with E-state index in [9.17, 15) is 13.6 Å². The molecule has 1 amide bonds. The average Bonchev–Trinajstić information content (AvgIpc) is 2.60. The Labute approximate surface area is 117 Å². The molecule has 0 aromatic rings. The molecule has 4 nitrogen and oxygen atoms in total. The monoisotopic (exact) mass is 298 g/mol. The fourth-order valence-electron chi connectivity index (χ4n) is 2.05. The van der Waals surface area contributed by atoms with E-state index in [0.29, 0.717) is 19.0 Å². The van der Waals surface area contributed by atoms with Crippen molar-refractivity contribution in [3.63, 3.8) is 0 Å². The predicted molar refractivity (Wildman–Crippen MR) is 69.8 cm³/mol. The van der Waals surface area contributed by atoms with E-state index >= 15 is 0 Å². The van der Waals surface area contributed by atoms with Crippen LogP contribution in [0.15, 0.2) is 0 Å². The van der Waals surface area contributed by atoms with Crippen LogP contribution in [0.5, 0.6) is 0 Å². The van der Waals surface area contributed by atoms with Crippen molar-refractivity contribution in [2.24, 2.45) is 0 Å². The first-order valence-corrected chi connectivity index (χ1v) is 7.09. The summed E-state index contributed by atoms with van der Waals surface area (Å²) in [6, 6.07) is 0. The van der Waals surface area contributed by atoms with E-state index in [0.717, 1.165) is 26.1 Å². The van der Waals surface area contributed by atoms with Gasteiger partial charge in [-0.25, -0.2) is 8.78 Å². The normalized spacial score (nSPS) is 17.8. The number of nitrogens with zero attached hydrogens (tertiary/aromatic N) is 2. The highest BCUT2D eigenvalue weighted by Crippen LogP contribution is 2.05. The lowest BCUT2D eigenvalue weighted by molar-refractivity contribution is -0.132. The van der Waals surface area contributed by atoms with Crippen LogP contribution in [0, 0.1) is 0 Å². The SMILES string of the molecule is O=C(CCOCC(F)F)N1CCCN(CCCl)CC1. The highest BCUT2D eigenvalue weighted by Gasteiger charge is 2.18. The molecule has 112 valence electrons. The van der Waals surface area contributed by atoms with Crippen molar-refractivity contribution >= 4 is 17.5 Å². The minimum absolute atomic E-state index is 0.0259. The minimum atomic E-state index is -2.47. The zero-order valence-electron chi connectivity index (χ0n) is 11.0. The molecule has 0 radical (unpaired) electrons. The van der Waals surface area contributed by atoms with Crippen LogP contribution in [0.25, 0.3) is 0 Å². The third-order valence-corrected chi connectivity index (χ3v) is 3.22. The van der Waals surface area contributed by atoms with Crippen molar-refractivity contribution in [2.75, 3.05) is 51.8 Å². The van der Waals surface area contributed by atoms with Crippen molar-refractivity contribution in [3.05, 3.63) is 0 Å². The zero-order valence-corrected chi connectivity index (χ0v) is 11.7. The number of alkyl halides is 3. The fourth-order valence-corrected chi connectivity index (χ4v) is 2.29. The lowest BCUT2D eigenvalue weighted by atomic mass is 10.3. The van der Waals surface area contributed by atoms with Crippen LogP contribution in [-0.4, -0.2) is 73.9 Å². The van der Waals surface area contributed by atoms with Gasteiger partial charge in [-0.3, -0.25) is 4.79 Å². The molecule has 0 spiro atoms. The molecule has 0 aromatic carbocycles. The Morgan fingerprint density at radius 2 is 2.05 bits per heavy atom. The van der Waals surface area contributed by atoms with Gasteiger partial charge in [-0.1, -0.05) is 0 Å². The van der Waals surface area contributed by atoms with Gasteiger partial charge >= 0.3 is 0 Å². The number of rotatable bonds is 7. The number of carbonyl (C=O) groups is 1. The van der Waals surface area contributed by atoms with Gasteiger partial charge in [0.15, 0.2) is 0 Å². The van der Waals surface area contributed by atoms with Crippen molar-refractivity contribution in [3.8, 4) is 0 Å². The first-order valence-electron chi connectivity index (χ1n) is 6.55. The summed E-state index contributed by atoms with van der Waals surface area (Å²) in [6.45, 7) is 3.44. The van der Waals surface area contributed by atoms with Gasteiger partial charge in [0.2, 0.25) is 5.91 Å².